The number of hydrogen-bond acceptors (Lipinski definition) is 4. The van der Waals surface area contributed by atoms with Crippen LogP contribution < -0.4 is 0 Å². The van der Waals surface area contributed by atoms with Crippen LogP contribution in [0.1, 0.15) is 65.0 Å². The molecule has 2 heterocycles. The summed E-state index contributed by atoms with van der Waals surface area (Å²) in [5, 5.41) is 0. The molecular formula is C19H35N3O. The highest BCUT2D eigenvalue weighted by atomic mass is 16.4. The summed E-state index contributed by atoms with van der Waals surface area (Å²) in [5.41, 5.74) is 0.0430. The van der Waals surface area contributed by atoms with E-state index in [1.807, 2.05) is 6.20 Å². The maximum atomic E-state index is 5.93. The van der Waals surface area contributed by atoms with Crippen LogP contribution in [-0.2, 0) is 12.0 Å². The number of rotatable bonds is 7. The van der Waals surface area contributed by atoms with Gasteiger partial charge in [0.2, 0.25) is 5.89 Å². The van der Waals surface area contributed by atoms with Crippen LogP contribution in [0.25, 0.3) is 0 Å². The molecule has 2 rings (SSSR count). The maximum Gasteiger partial charge on any atom is 0.208 e. The van der Waals surface area contributed by atoms with Crippen LogP contribution in [0.4, 0.5) is 0 Å². The van der Waals surface area contributed by atoms with Gasteiger partial charge in [-0.1, -0.05) is 34.1 Å². The number of hydrogen-bond donors (Lipinski definition) is 0. The minimum Gasteiger partial charge on any atom is -0.444 e. The Morgan fingerprint density at radius 2 is 2.00 bits per heavy atom. The lowest BCUT2D eigenvalue weighted by Gasteiger charge is -2.33. The molecule has 0 spiro atoms. The second kappa shape index (κ2) is 8.29. The van der Waals surface area contributed by atoms with Crippen molar-refractivity contribution in [2.24, 2.45) is 5.92 Å². The van der Waals surface area contributed by atoms with E-state index in [1.54, 1.807) is 0 Å². The Balaban J connectivity index is 1.73. The molecule has 1 fully saturated rings. The average molecular weight is 322 g/mol. The van der Waals surface area contributed by atoms with Crippen molar-refractivity contribution >= 4 is 0 Å². The summed E-state index contributed by atoms with van der Waals surface area (Å²) in [6.45, 7) is 14.4. The molecule has 0 unspecified atom stereocenters. The lowest BCUT2D eigenvalue weighted by molar-refractivity contribution is 0.138. The van der Waals surface area contributed by atoms with Gasteiger partial charge < -0.3 is 9.32 Å². The van der Waals surface area contributed by atoms with E-state index < -0.39 is 0 Å². The quantitative estimate of drug-likeness (QED) is 0.762. The van der Waals surface area contributed by atoms with Gasteiger partial charge in [-0.15, -0.1) is 0 Å². The Labute approximate surface area is 142 Å². The van der Waals surface area contributed by atoms with Crippen molar-refractivity contribution in [2.75, 3.05) is 33.2 Å². The van der Waals surface area contributed by atoms with Gasteiger partial charge in [-0.2, -0.15) is 0 Å². The second-order valence-corrected chi connectivity index (χ2v) is 8.20. The van der Waals surface area contributed by atoms with Crippen molar-refractivity contribution in [1.82, 2.24) is 14.8 Å². The lowest BCUT2D eigenvalue weighted by atomic mass is 9.94. The van der Waals surface area contributed by atoms with Gasteiger partial charge in [-0.05, 0) is 51.9 Å². The van der Waals surface area contributed by atoms with Crippen molar-refractivity contribution in [3.8, 4) is 0 Å². The zero-order chi connectivity index (χ0) is 16.9. The number of nitrogens with zero attached hydrogens (tertiary/aromatic N) is 3. The number of likely N-dealkylation sites (tertiary alicyclic amines) is 1. The Morgan fingerprint density at radius 1 is 1.30 bits per heavy atom. The second-order valence-electron chi connectivity index (χ2n) is 8.20. The molecule has 1 saturated heterocycles. The molecule has 0 radical (unpaired) electrons. The molecule has 0 bridgehead atoms. The average Bonchev–Trinajstić information content (AvgIpc) is 2.96. The van der Waals surface area contributed by atoms with E-state index in [0.29, 0.717) is 0 Å². The molecule has 4 nitrogen and oxygen atoms in total. The van der Waals surface area contributed by atoms with Crippen molar-refractivity contribution in [1.29, 1.82) is 0 Å². The first-order valence-electron chi connectivity index (χ1n) is 9.24. The van der Waals surface area contributed by atoms with Crippen molar-refractivity contribution in [3.63, 3.8) is 0 Å². The van der Waals surface area contributed by atoms with Gasteiger partial charge in [0.15, 0.2) is 0 Å². The van der Waals surface area contributed by atoms with Gasteiger partial charge in [0.05, 0.1) is 12.7 Å². The standard InChI is InChI=1S/C19H35N3O/c1-6-7-10-21(5)14-16-8-11-22(12-9-16)15-18-20-13-17(23-18)19(2,3)4/h13,16H,6-12,14-15H2,1-5H3. The Kier molecular flexibility index (Phi) is 6.66. The number of aromatic nitrogens is 1. The molecule has 0 aliphatic carbocycles. The molecule has 0 aromatic carbocycles. The first-order valence-corrected chi connectivity index (χ1v) is 9.24. The van der Waals surface area contributed by atoms with Crippen LogP contribution >= 0.6 is 0 Å². The Bertz CT molecular complexity index is 455. The van der Waals surface area contributed by atoms with Crippen LogP contribution in [0.3, 0.4) is 0 Å². The summed E-state index contributed by atoms with van der Waals surface area (Å²) in [7, 11) is 2.27. The minimum absolute atomic E-state index is 0.0430. The summed E-state index contributed by atoms with van der Waals surface area (Å²) in [6, 6.07) is 0. The van der Waals surface area contributed by atoms with Gasteiger partial charge in [-0.3, -0.25) is 4.90 Å². The molecule has 0 atom stereocenters. The van der Waals surface area contributed by atoms with Gasteiger partial charge >= 0.3 is 0 Å². The third-order valence-corrected chi connectivity index (χ3v) is 4.82. The summed E-state index contributed by atoms with van der Waals surface area (Å²) < 4.78 is 5.93. The molecule has 1 aliphatic rings. The van der Waals surface area contributed by atoms with Gasteiger partial charge in [0.1, 0.15) is 5.76 Å². The molecule has 0 amide bonds. The summed E-state index contributed by atoms with van der Waals surface area (Å²) in [6.07, 6.45) is 7.09. The first kappa shape index (κ1) is 18.5. The van der Waals surface area contributed by atoms with E-state index >= 15 is 0 Å². The van der Waals surface area contributed by atoms with Gasteiger partial charge in [0, 0.05) is 12.0 Å². The third-order valence-electron chi connectivity index (χ3n) is 4.82. The smallest absolute Gasteiger partial charge is 0.208 e. The van der Waals surface area contributed by atoms with E-state index in [1.165, 1.54) is 51.9 Å². The summed E-state index contributed by atoms with van der Waals surface area (Å²) in [5.74, 6) is 2.70. The van der Waals surface area contributed by atoms with Crippen molar-refractivity contribution < 1.29 is 4.42 Å². The zero-order valence-electron chi connectivity index (χ0n) is 15.8. The van der Waals surface area contributed by atoms with E-state index in [4.69, 9.17) is 4.42 Å². The summed E-state index contributed by atoms with van der Waals surface area (Å²) in [4.78, 5) is 9.46. The predicted molar refractivity (Wildman–Crippen MR) is 95.6 cm³/mol. The Morgan fingerprint density at radius 3 is 2.57 bits per heavy atom. The first-order chi connectivity index (χ1) is 10.9. The molecule has 132 valence electrons. The fourth-order valence-electron chi connectivity index (χ4n) is 3.21. The van der Waals surface area contributed by atoms with Crippen LogP contribution in [0.15, 0.2) is 10.6 Å². The number of piperidine rings is 1. The fraction of sp³-hybridized carbons (Fsp3) is 0.842. The Hall–Kier alpha value is -0.870. The normalized spacial score (nSPS) is 18.0. The topological polar surface area (TPSA) is 32.5 Å². The predicted octanol–water partition coefficient (Wildman–Crippen LogP) is 3.92. The van der Waals surface area contributed by atoms with E-state index in [2.05, 4.69) is 49.5 Å². The zero-order valence-corrected chi connectivity index (χ0v) is 15.8. The molecule has 1 aromatic rings. The van der Waals surface area contributed by atoms with Crippen molar-refractivity contribution in [3.05, 3.63) is 17.8 Å². The molecule has 1 aromatic heterocycles. The van der Waals surface area contributed by atoms with Crippen LogP contribution in [0.2, 0.25) is 0 Å². The highest BCUT2D eigenvalue weighted by molar-refractivity contribution is 5.06. The molecular weight excluding hydrogens is 286 g/mol. The molecule has 4 heteroatoms. The van der Waals surface area contributed by atoms with Crippen LogP contribution in [0, 0.1) is 5.92 Å². The highest BCUT2D eigenvalue weighted by Gasteiger charge is 2.23. The largest absolute Gasteiger partial charge is 0.444 e. The fourth-order valence-corrected chi connectivity index (χ4v) is 3.21. The van der Waals surface area contributed by atoms with E-state index in [9.17, 15) is 0 Å². The van der Waals surface area contributed by atoms with Gasteiger partial charge in [-0.25, -0.2) is 4.98 Å². The molecule has 23 heavy (non-hydrogen) atoms. The van der Waals surface area contributed by atoms with E-state index in [-0.39, 0.29) is 5.41 Å². The lowest BCUT2D eigenvalue weighted by Crippen LogP contribution is -2.37. The van der Waals surface area contributed by atoms with Gasteiger partial charge in [0.25, 0.3) is 0 Å². The highest BCUT2D eigenvalue weighted by Crippen LogP contribution is 2.24. The number of oxazole rings is 1. The molecule has 0 N–H and O–H groups in total. The molecule has 0 saturated carbocycles. The SMILES string of the molecule is CCCCN(C)CC1CCN(Cc2ncc(C(C)(C)C)o2)CC1. The van der Waals surface area contributed by atoms with Crippen LogP contribution in [0.5, 0.6) is 0 Å². The minimum atomic E-state index is 0.0430. The van der Waals surface area contributed by atoms with E-state index in [0.717, 1.165) is 24.1 Å². The monoisotopic (exact) mass is 321 g/mol. The maximum absolute atomic E-state index is 5.93. The molecule has 1 aliphatic heterocycles. The van der Waals surface area contributed by atoms with Crippen molar-refractivity contribution in [2.45, 2.75) is 65.3 Å². The third kappa shape index (κ3) is 5.92. The number of unbranched alkanes of at least 4 members (excludes halogenated alkanes) is 1. The summed E-state index contributed by atoms with van der Waals surface area (Å²) >= 11 is 0. The van der Waals surface area contributed by atoms with Crippen LogP contribution in [-0.4, -0.2) is 48.0 Å².